The molecule has 0 fully saturated rings. The molecule has 0 radical (unpaired) electrons. The quantitative estimate of drug-likeness (QED) is 0.226. The lowest BCUT2D eigenvalue weighted by Crippen LogP contribution is -2.13. The van der Waals surface area contributed by atoms with Crippen molar-refractivity contribution in [3.8, 4) is 5.69 Å². The van der Waals surface area contributed by atoms with Crippen LogP contribution in [0.4, 0.5) is 0 Å². The maximum Gasteiger partial charge on any atom is 0.337 e. The molecule has 35 heavy (non-hydrogen) atoms. The average molecular weight is 469 g/mol. The molecule has 0 atom stereocenters. The van der Waals surface area contributed by atoms with E-state index in [4.69, 9.17) is 9.47 Å². The number of carbonyl (C=O) groups excluding carboxylic acids is 3. The highest BCUT2D eigenvalue weighted by Gasteiger charge is 2.18. The monoisotopic (exact) mass is 469 g/mol. The van der Waals surface area contributed by atoms with Crippen LogP contribution in [0.5, 0.6) is 0 Å². The van der Waals surface area contributed by atoms with Gasteiger partial charge in [0.25, 0.3) is 0 Å². The summed E-state index contributed by atoms with van der Waals surface area (Å²) in [5.74, 6) is -1.39. The Bertz CT molecular complexity index is 1450. The predicted molar refractivity (Wildman–Crippen MR) is 130 cm³/mol. The maximum absolute atomic E-state index is 12.8. The van der Waals surface area contributed by atoms with E-state index < -0.39 is 18.5 Å². The molecule has 0 unspecified atom stereocenters. The summed E-state index contributed by atoms with van der Waals surface area (Å²) in [7, 11) is 1.33. The molecule has 0 saturated heterocycles. The number of fused-ring (bicyclic) bond motifs is 1. The molecule has 0 aliphatic carbocycles. The van der Waals surface area contributed by atoms with Gasteiger partial charge in [-0.1, -0.05) is 12.1 Å². The van der Waals surface area contributed by atoms with E-state index in [-0.39, 0.29) is 5.78 Å². The van der Waals surface area contributed by atoms with Gasteiger partial charge in [-0.25, -0.2) is 14.6 Å². The van der Waals surface area contributed by atoms with Gasteiger partial charge < -0.3 is 14.0 Å². The van der Waals surface area contributed by atoms with Gasteiger partial charge >= 0.3 is 11.9 Å². The van der Waals surface area contributed by atoms with Crippen molar-refractivity contribution >= 4 is 34.8 Å². The summed E-state index contributed by atoms with van der Waals surface area (Å²) in [6.45, 7) is 3.30. The Morgan fingerprint density at radius 2 is 1.71 bits per heavy atom. The number of hydrogen-bond donors (Lipinski definition) is 0. The fourth-order valence-corrected chi connectivity index (χ4v) is 3.77. The number of ketones is 1. The van der Waals surface area contributed by atoms with E-state index in [0.29, 0.717) is 28.0 Å². The SMILES string of the molecule is COC(=O)c1ccc(-n2c(C)cc(C(=O)COC(=O)/C=C/c3cnc4ccccc4n3)c2C)cc1. The van der Waals surface area contributed by atoms with Crippen LogP contribution in [0.15, 0.2) is 66.9 Å². The van der Waals surface area contributed by atoms with E-state index in [9.17, 15) is 14.4 Å². The summed E-state index contributed by atoms with van der Waals surface area (Å²) in [6.07, 6.45) is 4.28. The first kappa shape index (κ1) is 23.6. The fourth-order valence-electron chi connectivity index (χ4n) is 3.77. The van der Waals surface area contributed by atoms with Crippen LogP contribution < -0.4 is 0 Å². The number of carbonyl (C=O) groups is 3. The zero-order valence-corrected chi connectivity index (χ0v) is 19.5. The van der Waals surface area contributed by atoms with Gasteiger partial charge in [0, 0.05) is 28.7 Å². The van der Waals surface area contributed by atoms with Gasteiger partial charge in [-0.05, 0) is 62.4 Å². The van der Waals surface area contributed by atoms with Crippen molar-refractivity contribution in [3.63, 3.8) is 0 Å². The molecule has 2 heterocycles. The van der Waals surface area contributed by atoms with E-state index >= 15 is 0 Å². The summed E-state index contributed by atoms with van der Waals surface area (Å²) in [6, 6.07) is 16.1. The van der Waals surface area contributed by atoms with E-state index in [2.05, 4.69) is 9.97 Å². The second kappa shape index (κ2) is 10.1. The minimum Gasteiger partial charge on any atom is -0.465 e. The lowest BCUT2D eigenvalue weighted by atomic mass is 10.1. The van der Waals surface area contributed by atoms with Crippen LogP contribution in [-0.4, -0.2) is 46.0 Å². The average Bonchev–Trinajstić information content (AvgIpc) is 3.19. The maximum atomic E-state index is 12.8. The largest absolute Gasteiger partial charge is 0.465 e. The molecule has 2 aromatic carbocycles. The molecule has 8 heteroatoms. The number of ether oxygens (including phenoxy) is 2. The van der Waals surface area contributed by atoms with Gasteiger partial charge in [0.1, 0.15) is 0 Å². The fraction of sp³-hybridized carbons (Fsp3) is 0.148. The second-order valence-corrected chi connectivity index (χ2v) is 7.81. The number of Topliss-reactive ketones (excluding diaryl/α,β-unsaturated/α-hetero) is 1. The molecule has 0 spiro atoms. The number of rotatable bonds is 7. The highest BCUT2D eigenvalue weighted by Crippen LogP contribution is 2.22. The van der Waals surface area contributed by atoms with Gasteiger partial charge in [-0.2, -0.15) is 0 Å². The van der Waals surface area contributed by atoms with Crippen molar-refractivity contribution < 1.29 is 23.9 Å². The van der Waals surface area contributed by atoms with Crippen LogP contribution in [-0.2, 0) is 14.3 Å². The standard InChI is InChI=1S/C27H23N3O5/c1-17-14-22(18(2)30(17)21-11-8-19(9-12-21)27(33)34-3)25(31)16-35-26(32)13-10-20-15-28-23-6-4-5-7-24(23)29-20/h4-15H,16H2,1-3H3/b13-10+. The molecule has 176 valence electrons. The Morgan fingerprint density at radius 3 is 2.43 bits per heavy atom. The van der Waals surface area contributed by atoms with Crippen LogP contribution in [0.1, 0.15) is 37.8 Å². The molecule has 4 aromatic rings. The van der Waals surface area contributed by atoms with E-state index in [1.54, 1.807) is 36.5 Å². The first-order valence-corrected chi connectivity index (χ1v) is 10.8. The number of hydrogen-bond acceptors (Lipinski definition) is 7. The Hall–Kier alpha value is -4.59. The third kappa shape index (κ3) is 5.16. The summed E-state index contributed by atoms with van der Waals surface area (Å²) in [4.78, 5) is 45.3. The topological polar surface area (TPSA) is 100 Å². The zero-order chi connectivity index (χ0) is 24.9. The van der Waals surface area contributed by atoms with Crippen LogP contribution in [0, 0.1) is 13.8 Å². The van der Waals surface area contributed by atoms with Gasteiger partial charge in [-0.15, -0.1) is 0 Å². The summed E-state index contributed by atoms with van der Waals surface area (Å²) < 4.78 is 11.8. The minimum atomic E-state index is -0.652. The number of aromatic nitrogens is 3. The van der Waals surface area contributed by atoms with Crippen molar-refractivity contribution in [2.45, 2.75) is 13.8 Å². The summed E-state index contributed by atoms with van der Waals surface area (Å²) in [5.41, 5.74) is 5.20. The number of benzene rings is 2. The van der Waals surface area contributed by atoms with Crippen molar-refractivity contribution in [3.05, 3.63) is 95.1 Å². The van der Waals surface area contributed by atoms with E-state index in [1.165, 1.54) is 19.3 Å². The number of nitrogens with zero attached hydrogens (tertiary/aromatic N) is 3. The number of esters is 2. The molecule has 0 aliphatic heterocycles. The van der Waals surface area contributed by atoms with Crippen molar-refractivity contribution in [2.75, 3.05) is 13.7 Å². The van der Waals surface area contributed by atoms with E-state index in [1.807, 2.05) is 42.7 Å². The van der Waals surface area contributed by atoms with Crippen molar-refractivity contribution in [1.82, 2.24) is 14.5 Å². The minimum absolute atomic E-state index is 0.317. The molecule has 4 rings (SSSR count). The lowest BCUT2D eigenvalue weighted by molar-refractivity contribution is -0.136. The van der Waals surface area contributed by atoms with E-state index in [0.717, 1.165) is 16.9 Å². The summed E-state index contributed by atoms with van der Waals surface area (Å²) in [5, 5.41) is 0. The molecule has 0 amide bonds. The predicted octanol–water partition coefficient (Wildman–Crippen LogP) is 4.26. The van der Waals surface area contributed by atoms with Crippen LogP contribution in [0.2, 0.25) is 0 Å². The first-order valence-electron chi connectivity index (χ1n) is 10.8. The Kier molecular flexibility index (Phi) is 6.82. The molecule has 8 nitrogen and oxygen atoms in total. The Morgan fingerprint density at radius 1 is 1.00 bits per heavy atom. The van der Waals surface area contributed by atoms with Gasteiger partial charge in [0.15, 0.2) is 6.61 Å². The van der Waals surface area contributed by atoms with Gasteiger partial charge in [0.2, 0.25) is 5.78 Å². The molecular weight excluding hydrogens is 446 g/mol. The zero-order valence-electron chi connectivity index (χ0n) is 19.5. The smallest absolute Gasteiger partial charge is 0.337 e. The number of methoxy groups -OCH3 is 1. The third-order valence-electron chi connectivity index (χ3n) is 5.48. The first-order chi connectivity index (χ1) is 16.9. The normalized spacial score (nSPS) is 11.1. The van der Waals surface area contributed by atoms with Crippen LogP contribution in [0.3, 0.4) is 0 Å². The number of para-hydroxylation sites is 2. The Labute approximate surface area is 201 Å². The second-order valence-electron chi connectivity index (χ2n) is 7.81. The van der Waals surface area contributed by atoms with Gasteiger partial charge in [0.05, 0.1) is 35.6 Å². The third-order valence-corrected chi connectivity index (χ3v) is 5.48. The highest BCUT2D eigenvalue weighted by molar-refractivity contribution is 6.00. The molecule has 2 aromatic heterocycles. The van der Waals surface area contributed by atoms with Gasteiger partial charge in [-0.3, -0.25) is 9.78 Å². The molecule has 0 N–H and O–H groups in total. The summed E-state index contributed by atoms with van der Waals surface area (Å²) >= 11 is 0. The number of aryl methyl sites for hydroxylation is 1. The molecule has 0 bridgehead atoms. The van der Waals surface area contributed by atoms with Crippen molar-refractivity contribution in [2.24, 2.45) is 0 Å². The lowest BCUT2D eigenvalue weighted by Gasteiger charge is -2.10. The molecular formula is C27H23N3O5. The van der Waals surface area contributed by atoms with Crippen LogP contribution in [0.25, 0.3) is 22.8 Å². The Balaban J connectivity index is 1.42. The molecule has 0 aliphatic rings. The highest BCUT2D eigenvalue weighted by atomic mass is 16.5. The van der Waals surface area contributed by atoms with Crippen molar-refractivity contribution in [1.29, 1.82) is 0 Å². The van der Waals surface area contributed by atoms with Crippen LogP contribution >= 0.6 is 0 Å². The molecule has 0 saturated carbocycles.